The number of fused-ring (bicyclic) bond motifs is 5. The molecule has 0 heterocycles. The molecular formula is C29H48. The molecule has 3 saturated carbocycles. The van der Waals surface area contributed by atoms with Gasteiger partial charge in [0, 0.05) is 0 Å². The van der Waals surface area contributed by atoms with Gasteiger partial charge in [0.05, 0.1) is 0 Å². The fourth-order valence-corrected chi connectivity index (χ4v) is 9.05. The standard InChI is InChI=1S/C29H48/c1-7-22(20(2)3)12-11-21(4)25-15-16-26-24-14-13-23-10-8-9-18-28(23,5)27(24)17-19-29(25,26)6/h7,13,20-22,24-27H,1,8-12,14-19H2,2-6H3/t21-,22?,24+,25-,26+,27+,28+,29-/m1/s1. The summed E-state index contributed by atoms with van der Waals surface area (Å²) in [5.74, 6) is 6.23. The monoisotopic (exact) mass is 396 g/mol. The minimum absolute atomic E-state index is 0.556. The molecule has 0 aliphatic heterocycles. The highest BCUT2D eigenvalue weighted by molar-refractivity contribution is 5.24. The highest BCUT2D eigenvalue weighted by Crippen LogP contribution is 2.67. The van der Waals surface area contributed by atoms with Crippen LogP contribution in [0.3, 0.4) is 0 Å². The molecule has 1 unspecified atom stereocenters. The Morgan fingerprint density at radius 2 is 1.83 bits per heavy atom. The van der Waals surface area contributed by atoms with Crippen LogP contribution in [0.2, 0.25) is 0 Å². The van der Waals surface area contributed by atoms with Gasteiger partial charge >= 0.3 is 0 Å². The van der Waals surface area contributed by atoms with Crippen molar-refractivity contribution in [1.29, 1.82) is 0 Å². The fourth-order valence-electron chi connectivity index (χ4n) is 9.05. The topological polar surface area (TPSA) is 0 Å². The van der Waals surface area contributed by atoms with Crippen LogP contribution in [0.5, 0.6) is 0 Å². The van der Waals surface area contributed by atoms with Gasteiger partial charge in [0.15, 0.2) is 0 Å². The molecule has 0 bridgehead atoms. The summed E-state index contributed by atoms with van der Waals surface area (Å²) in [4.78, 5) is 0. The highest BCUT2D eigenvalue weighted by Gasteiger charge is 2.58. The molecule has 8 atom stereocenters. The molecule has 0 nitrogen and oxygen atoms in total. The zero-order chi connectivity index (χ0) is 20.8. The van der Waals surface area contributed by atoms with E-state index >= 15 is 0 Å². The first kappa shape index (κ1) is 21.7. The number of rotatable bonds is 6. The zero-order valence-corrected chi connectivity index (χ0v) is 20.2. The normalized spacial score (nSPS) is 43.7. The molecule has 4 aliphatic rings. The maximum absolute atomic E-state index is 4.12. The quantitative estimate of drug-likeness (QED) is 0.393. The predicted molar refractivity (Wildman–Crippen MR) is 127 cm³/mol. The Morgan fingerprint density at radius 3 is 2.55 bits per heavy atom. The molecule has 0 aromatic heterocycles. The van der Waals surface area contributed by atoms with Crippen LogP contribution in [0.25, 0.3) is 0 Å². The molecule has 0 N–H and O–H groups in total. The van der Waals surface area contributed by atoms with Crippen molar-refractivity contribution >= 4 is 0 Å². The first-order chi connectivity index (χ1) is 13.8. The van der Waals surface area contributed by atoms with Crippen LogP contribution in [-0.2, 0) is 0 Å². The van der Waals surface area contributed by atoms with Crippen LogP contribution in [0.4, 0.5) is 0 Å². The van der Waals surface area contributed by atoms with Crippen molar-refractivity contribution in [3.63, 3.8) is 0 Å². The van der Waals surface area contributed by atoms with E-state index in [-0.39, 0.29) is 0 Å². The van der Waals surface area contributed by atoms with E-state index in [1.807, 2.05) is 5.57 Å². The summed E-state index contributed by atoms with van der Waals surface area (Å²) in [7, 11) is 0. The second kappa shape index (κ2) is 8.20. The van der Waals surface area contributed by atoms with E-state index in [1.165, 1.54) is 70.6 Å². The maximum atomic E-state index is 4.12. The molecule has 164 valence electrons. The lowest BCUT2D eigenvalue weighted by atomic mass is 9.47. The second-order valence-corrected chi connectivity index (χ2v) is 12.4. The van der Waals surface area contributed by atoms with Crippen molar-refractivity contribution in [2.24, 2.45) is 52.3 Å². The molecule has 0 amide bonds. The van der Waals surface area contributed by atoms with Crippen LogP contribution in [0.1, 0.15) is 105 Å². The van der Waals surface area contributed by atoms with Crippen molar-refractivity contribution in [3.8, 4) is 0 Å². The zero-order valence-electron chi connectivity index (χ0n) is 20.2. The van der Waals surface area contributed by atoms with Gasteiger partial charge in [-0.05, 0) is 116 Å². The third-order valence-electron chi connectivity index (χ3n) is 10.9. The lowest BCUT2D eigenvalue weighted by Crippen LogP contribution is -2.50. The lowest BCUT2D eigenvalue weighted by Gasteiger charge is -2.58. The van der Waals surface area contributed by atoms with Crippen LogP contribution in [0, 0.1) is 52.3 Å². The Bertz CT molecular complexity index is 626. The predicted octanol–water partition coefficient (Wildman–Crippen LogP) is 8.83. The van der Waals surface area contributed by atoms with Crippen molar-refractivity contribution in [3.05, 3.63) is 24.3 Å². The molecule has 4 aliphatic carbocycles. The second-order valence-electron chi connectivity index (χ2n) is 12.4. The molecular weight excluding hydrogens is 348 g/mol. The van der Waals surface area contributed by atoms with E-state index in [4.69, 9.17) is 0 Å². The van der Waals surface area contributed by atoms with E-state index in [9.17, 15) is 0 Å². The third-order valence-corrected chi connectivity index (χ3v) is 10.9. The largest absolute Gasteiger partial charge is 0.103 e. The van der Waals surface area contributed by atoms with E-state index in [1.54, 1.807) is 0 Å². The van der Waals surface area contributed by atoms with E-state index < -0.39 is 0 Å². The lowest BCUT2D eigenvalue weighted by molar-refractivity contribution is -0.0502. The smallest absolute Gasteiger partial charge is 0.00853 e. The van der Waals surface area contributed by atoms with E-state index in [2.05, 4.69) is 53.3 Å². The molecule has 4 rings (SSSR count). The summed E-state index contributed by atoms with van der Waals surface area (Å²) < 4.78 is 0. The van der Waals surface area contributed by atoms with Gasteiger partial charge in [0.1, 0.15) is 0 Å². The Labute approximate surface area is 182 Å². The summed E-state index contributed by atoms with van der Waals surface area (Å²) >= 11 is 0. The number of allylic oxidation sites excluding steroid dienone is 3. The maximum Gasteiger partial charge on any atom is -0.00853 e. The number of hydrogen-bond acceptors (Lipinski definition) is 0. The van der Waals surface area contributed by atoms with E-state index in [0.717, 1.165) is 35.5 Å². The van der Waals surface area contributed by atoms with Crippen molar-refractivity contribution < 1.29 is 0 Å². The Morgan fingerprint density at radius 1 is 1.03 bits per heavy atom. The Hall–Kier alpha value is -0.520. The van der Waals surface area contributed by atoms with Gasteiger partial charge in [-0.2, -0.15) is 0 Å². The fraction of sp³-hybridized carbons (Fsp3) is 0.862. The molecule has 0 radical (unpaired) electrons. The van der Waals surface area contributed by atoms with Gasteiger partial charge < -0.3 is 0 Å². The molecule has 0 saturated heterocycles. The molecule has 0 heteroatoms. The number of hydrogen-bond donors (Lipinski definition) is 0. The summed E-state index contributed by atoms with van der Waals surface area (Å²) in [5.41, 5.74) is 3.03. The molecule has 0 aromatic carbocycles. The van der Waals surface area contributed by atoms with Gasteiger partial charge in [0.2, 0.25) is 0 Å². The minimum Gasteiger partial charge on any atom is -0.103 e. The van der Waals surface area contributed by atoms with Crippen LogP contribution in [0.15, 0.2) is 24.3 Å². The van der Waals surface area contributed by atoms with Crippen LogP contribution >= 0.6 is 0 Å². The van der Waals surface area contributed by atoms with Crippen molar-refractivity contribution in [1.82, 2.24) is 0 Å². The molecule has 0 aromatic rings. The summed E-state index contributed by atoms with van der Waals surface area (Å²) in [5, 5.41) is 0. The SMILES string of the molecule is C=CC(CC[C@@H](C)[C@H]1CC[C@H]2[C@@H]3CC=C4CCCC[C@]4(C)[C@H]3CC[C@]12C)C(C)C. The van der Waals surface area contributed by atoms with Gasteiger partial charge in [-0.3, -0.25) is 0 Å². The minimum atomic E-state index is 0.556. The van der Waals surface area contributed by atoms with Gasteiger partial charge in [-0.15, -0.1) is 6.58 Å². The summed E-state index contributed by atoms with van der Waals surface area (Å²) in [6, 6.07) is 0. The van der Waals surface area contributed by atoms with Gasteiger partial charge in [0.25, 0.3) is 0 Å². The van der Waals surface area contributed by atoms with E-state index in [0.29, 0.717) is 16.7 Å². The summed E-state index contributed by atoms with van der Waals surface area (Å²) in [6.07, 6.45) is 20.9. The van der Waals surface area contributed by atoms with Gasteiger partial charge in [-0.1, -0.05) is 58.8 Å². The average molecular weight is 397 g/mol. The average Bonchev–Trinajstić information content (AvgIpc) is 3.05. The van der Waals surface area contributed by atoms with Crippen molar-refractivity contribution in [2.75, 3.05) is 0 Å². The molecule has 0 spiro atoms. The third kappa shape index (κ3) is 3.59. The first-order valence-electron chi connectivity index (χ1n) is 13.1. The molecule has 3 fully saturated rings. The van der Waals surface area contributed by atoms with Crippen LogP contribution < -0.4 is 0 Å². The molecule has 29 heavy (non-hydrogen) atoms. The summed E-state index contributed by atoms with van der Waals surface area (Å²) in [6.45, 7) is 16.8. The van der Waals surface area contributed by atoms with Crippen molar-refractivity contribution in [2.45, 2.75) is 105 Å². The Balaban J connectivity index is 1.48. The Kier molecular flexibility index (Phi) is 6.14. The highest BCUT2D eigenvalue weighted by atomic mass is 14.6. The van der Waals surface area contributed by atoms with Crippen LogP contribution in [-0.4, -0.2) is 0 Å². The van der Waals surface area contributed by atoms with Gasteiger partial charge in [-0.25, -0.2) is 0 Å². The first-order valence-corrected chi connectivity index (χ1v) is 13.1.